The van der Waals surface area contributed by atoms with Gasteiger partial charge in [-0.05, 0) is 21.9 Å². The molecular weight excluding hydrogens is 376 g/mol. The summed E-state index contributed by atoms with van der Waals surface area (Å²) in [6, 6.07) is 21.4. The highest BCUT2D eigenvalue weighted by molar-refractivity contribution is 6.02. The number of piperazine rings is 1. The van der Waals surface area contributed by atoms with E-state index < -0.39 is 0 Å². The zero-order chi connectivity index (χ0) is 20.8. The molecule has 0 saturated carbocycles. The van der Waals surface area contributed by atoms with Crippen molar-refractivity contribution in [3.05, 3.63) is 77.9 Å². The van der Waals surface area contributed by atoms with Gasteiger partial charge in [-0.25, -0.2) is 5.43 Å². The number of carbonyl (C=O) groups is 1. The molecule has 0 radical (unpaired) electrons. The molecule has 0 atom stereocenters. The molecule has 4 rings (SSSR count). The highest BCUT2D eigenvalue weighted by Crippen LogP contribution is 2.23. The summed E-state index contributed by atoms with van der Waals surface area (Å²) in [6.45, 7) is 5.13. The lowest BCUT2D eigenvalue weighted by Gasteiger charge is -2.31. The van der Waals surface area contributed by atoms with E-state index in [1.54, 1.807) is 6.07 Å². The number of nitrogens with one attached hydrogen (secondary N) is 2. The molecule has 1 aliphatic heterocycles. The first-order chi connectivity index (χ1) is 14.7. The summed E-state index contributed by atoms with van der Waals surface area (Å²) in [5, 5.41) is 18.0. The molecule has 0 bridgehead atoms. The Balaban J connectivity index is 1.26. The summed E-state index contributed by atoms with van der Waals surface area (Å²) < 4.78 is 0. The Hall–Kier alpha value is -3.22. The predicted molar refractivity (Wildman–Crippen MR) is 116 cm³/mol. The van der Waals surface area contributed by atoms with Crippen LogP contribution in [0, 0.1) is 0 Å². The highest BCUT2D eigenvalue weighted by atomic mass is 16.3. The second kappa shape index (κ2) is 9.52. The minimum atomic E-state index is -0.134. The molecule has 3 aromatic rings. The number of hydrogen-bond acceptors (Lipinski definition) is 4. The van der Waals surface area contributed by atoms with Gasteiger partial charge in [-0.1, -0.05) is 72.5 Å². The van der Waals surface area contributed by atoms with Gasteiger partial charge >= 0.3 is 0 Å². The Morgan fingerprint density at radius 3 is 2.57 bits per heavy atom. The standard InChI is InChI=1S/C24H26N4O2/c29-23-11-10-20-8-4-5-9-21(20)22(23)16-25-26-24(30)18-28-14-12-27(13-15-28)17-19-6-2-1-3-7-19/h1-11,16,29H,12-15,17-18H2,(H,26,30). The molecular formula is C24H26N4O2. The van der Waals surface area contributed by atoms with Crippen LogP contribution in [-0.2, 0) is 11.3 Å². The first-order valence-corrected chi connectivity index (χ1v) is 10.3. The van der Waals surface area contributed by atoms with Crippen LogP contribution in [0.2, 0.25) is 0 Å². The molecule has 154 valence electrons. The molecule has 0 aromatic heterocycles. The van der Waals surface area contributed by atoms with Crippen LogP contribution in [0.15, 0.2) is 71.8 Å². The maximum atomic E-state index is 12.3. The van der Waals surface area contributed by atoms with Crippen molar-refractivity contribution in [1.82, 2.24) is 10.3 Å². The summed E-state index contributed by atoms with van der Waals surface area (Å²) >= 11 is 0. The van der Waals surface area contributed by atoms with Gasteiger partial charge in [0.25, 0.3) is 5.91 Å². The van der Waals surface area contributed by atoms with Crippen LogP contribution in [0.5, 0.6) is 5.75 Å². The van der Waals surface area contributed by atoms with E-state index in [1.807, 2.05) is 30.3 Å². The average molecular weight is 402 g/mol. The van der Waals surface area contributed by atoms with Gasteiger partial charge in [0.1, 0.15) is 0 Å². The van der Waals surface area contributed by atoms with Gasteiger partial charge in [-0.15, -0.1) is 0 Å². The van der Waals surface area contributed by atoms with Crippen LogP contribution in [0.1, 0.15) is 11.1 Å². The fourth-order valence-corrected chi connectivity index (χ4v) is 3.89. The Kier molecular flexibility index (Phi) is 6.37. The van der Waals surface area contributed by atoms with E-state index in [9.17, 15) is 9.90 Å². The zero-order valence-corrected chi connectivity index (χ0v) is 16.9. The summed E-state index contributed by atoms with van der Waals surface area (Å²) in [5.41, 5.74) is 4.39. The normalized spacial score (nSPS) is 15.6. The van der Waals surface area contributed by atoms with Crippen LogP contribution in [-0.4, -0.2) is 49.7 Å². The quantitative estimate of drug-likeness (QED) is 0.473. The number of rotatable bonds is 6. The minimum absolute atomic E-state index is 0.105. The molecule has 0 spiro atoms. The van der Waals surface area contributed by atoms with Gasteiger partial charge in [0, 0.05) is 19.6 Å². The third-order valence-corrected chi connectivity index (χ3v) is 5.54. The number of nitrogens with zero attached hydrogens (tertiary/aromatic N) is 2. The molecule has 1 saturated heterocycles. The van der Waals surface area contributed by atoms with E-state index in [1.165, 1.54) is 22.7 Å². The molecule has 0 aliphatic carbocycles. The molecule has 30 heavy (non-hydrogen) atoms. The Morgan fingerprint density at radius 2 is 1.77 bits per heavy atom. The number of carbonyl (C=O) groups excluding carboxylic acids is 1. The largest absolute Gasteiger partial charge is 0.872 e. The fraction of sp³-hybridized carbons (Fsp3) is 0.250. The number of quaternary nitrogens is 1. The van der Waals surface area contributed by atoms with Gasteiger partial charge in [-0.3, -0.25) is 9.69 Å². The molecule has 1 amide bonds. The molecule has 1 fully saturated rings. The van der Waals surface area contributed by atoms with Gasteiger partial charge < -0.3 is 10.0 Å². The molecule has 3 aromatic carbocycles. The minimum Gasteiger partial charge on any atom is -0.872 e. The number of hydrazone groups is 1. The van der Waals surface area contributed by atoms with Crippen LogP contribution in [0.3, 0.4) is 0 Å². The van der Waals surface area contributed by atoms with Crippen LogP contribution in [0.4, 0.5) is 0 Å². The van der Waals surface area contributed by atoms with E-state index in [0.717, 1.165) is 43.5 Å². The summed E-state index contributed by atoms with van der Waals surface area (Å²) in [7, 11) is 0. The van der Waals surface area contributed by atoms with Gasteiger partial charge in [0.2, 0.25) is 0 Å². The van der Waals surface area contributed by atoms with Crippen molar-refractivity contribution in [2.24, 2.45) is 5.10 Å². The predicted octanol–water partition coefficient (Wildman–Crippen LogP) is 0.764. The van der Waals surface area contributed by atoms with Crippen molar-refractivity contribution in [2.45, 2.75) is 6.54 Å². The first-order valence-electron chi connectivity index (χ1n) is 10.3. The number of hydrogen-bond donors (Lipinski definition) is 2. The van der Waals surface area contributed by atoms with Gasteiger partial charge in [0.15, 0.2) is 6.54 Å². The lowest BCUT2D eigenvalue weighted by atomic mass is 10.0. The van der Waals surface area contributed by atoms with E-state index in [2.05, 4.69) is 39.7 Å². The zero-order valence-electron chi connectivity index (χ0n) is 16.9. The Morgan fingerprint density at radius 1 is 1.03 bits per heavy atom. The third kappa shape index (κ3) is 5.03. The molecule has 0 unspecified atom stereocenters. The van der Waals surface area contributed by atoms with Crippen molar-refractivity contribution in [3.8, 4) is 5.75 Å². The molecule has 1 aliphatic rings. The lowest BCUT2D eigenvalue weighted by molar-refractivity contribution is -0.896. The topological polar surface area (TPSA) is 72.2 Å². The second-order valence-electron chi connectivity index (χ2n) is 7.68. The van der Waals surface area contributed by atoms with E-state index in [0.29, 0.717) is 12.1 Å². The lowest BCUT2D eigenvalue weighted by Crippen LogP contribution is -3.15. The number of fused-ring (bicyclic) bond motifs is 1. The number of benzene rings is 3. The smallest absolute Gasteiger partial charge is 0.295 e. The van der Waals surface area contributed by atoms with Crippen LogP contribution in [0.25, 0.3) is 10.8 Å². The van der Waals surface area contributed by atoms with Crippen molar-refractivity contribution in [2.75, 3.05) is 32.7 Å². The maximum Gasteiger partial charge on any atom is 0.295 e. The molecule has 6 heteroatoms. The molecule has 1 heterocycles. The van der Waals surface area contributed by atoms with Crippen LogP contribution < -0.4 is 15.4 Å². The summed E-state index contributed by atoms with van der Waals surface area (Å²) in [6.07, 6.45) is 1.45. The maximum absolute atomic E-state index is 12.3. The SMILES string of the molecule is O=C(C[NH+]1CCN(Cc2ccccc2)CC1)NN=Cc1c([O-])ccc2ccccc12. The van der Waals surface area contributed by atoms with Crippen molar-refractivity contribution in [1.29, 1.82) is 0 Å². The summed E-state index contributed by atoms with van der Waals surface area (Å²) in [5.74, 6) is -0.239. The molecule has 6 nitrogen and oxygen atoms in total. The van der Waals surface area contributed by atoms with E-state index >= 15 is 0 Å². The van der Waals surface area contributed by atoms with Crippen molar-refractivity contribution in [3.63, 3.8) is 0 Å². The van der Waals surface area contributed by atoms with E-state index in [4.69, 9.17) is 0 Å². The molecule has 2 N–H and O–H groups in total. The fourth-order valence-electron chi connectivity index (χ4n) is 3.89. The number of amides is 1. The van der Waals surface area contributed by atoms with Gasteiger partial charge in [0.05, 0.1) is 19.3 Å². The second-order valence-corrected chi connectivity index (χ2v) is 7.68. The Bertz CT molecular complexity index is 1030. The van der Waals surface area contributed by atoms with Crippen LogP contribution >= 0.6 is 0 Å². The van der Waals surface area contributed by atoms with Crippen molar-refractivity contribution >= 4 is 22.9 Å². The summed E-state index contributed by atoms with van der Waals surface area (Å²) in [4.78, 5) is 16.0. The monoisotopic (exact) mass is 402 g/mol. The third-order valence-electron chi connectivity index (χ3n) is 5.54. The average Bonchev–Trinajstić information content (AvgIpc) is 2.77. The van der Waals surface area contributed by atoms with E-state index in [-0.39, 0.29) is 11.7 Å². The first kappa shape index (κ1) is 20.1. The van der Waals surface area contributed by atoms with Crippen molar-refractivity contribution < 1.29 is 14.8 Å². The highest BCUT2D eigenvalue weighted by Gasteiger charge is 2.21. The Labute approximate surface area is 176 Å². The van der Waals surface area contributed by atoms with Gasteiger partial charge in [-0.2, -0.15) is 5.10 Å².